The first-order valence-corrected chi connectivity index (χ1v) is 4.27. The van der Waals surface area contributed by atoms with Crippen molar-refractivity contribution in [1.29, 1.82) is 0 Å². The van der Waals surface area contributed by atoms with Crippen molar-refractivity contribution in [3.05, 3.63) is 55.2 Å². The van der Waals surface area contributed by atoms with Gasteiger partial charge in [-0.15, -0.1) is 0 Å². The quantitative estimate of drug-likeness (QED) is 0.726. The molecule has 0 bridgehead atoms. The Bertz CT molecular complexity index is 427. The van der Waals surface area contributed by atoms with Crippen molar-refractivity contribution in [2.24, 2.45) is 0 Å². The van der Waals surface area contributed by atoms with E-state index in [4.69, 9.17) is 0 Å². The first kappa shape index (κ1) is 7.87. The van der Waals surface area contributed by atoms with Crippen LogP contribution in [0.4, 0.5) is 5.69 Å². The summed E-state index contributed by atoms with van der Waals surface area (Å²) in [5.74, 6) is 0. The molecule has 0 radical (unpaired) electrons. The third kappa shape index (κ3) is 1.41. The standard InChI is InChI=1S/C12H11N/c1-2-13-12-9-5-7-10-6-3-4-8-11(10)12/h2-9,13H,1H2. The molecule has 0 aliphatic heterocycles. The number of hydrogen-bond donors (Lipinski definition) is 1. The molecule has 64 valence electrons. The number of hydrogen-bond acceptors (Lipinski definition) is 1. The highest BCUT2D eigenvalue weighted by Crippen LogP contribution is 2.22. The van der Waals surface area contributed by atoms with E-state index >= 15 is 0 Å². The molecule has 2 rings (SSSR count). The van der Waals surface area contributed by atoms with Gasteiger partial charge in [0.25, 0.3) is 0 Å². The molecule has 0 aromatic heterocycles. The molecule has 0 unspecified atom stereocenters. The molecule has 0 atom stereocenters. The number of anilines is 1. The molecule has 0 saturated carbocycles. The van der Waals surface area contributed by atoms with Gasteiger partial charge in [-0.1, -0.05) is 43.0 Å². The minimum Gasteiger partial charge on any atom is -0.362 e. The Kier molecular flexibility index (Phi) is 2.01. The lowest BCUT2D eigenvalue weighted by atomic mass is 10.1. The lowest BCUT2D eigenvalue weighted by Gasteiger charge is -2.04. The molecule has 2 aromatic carbocycles. The minimum atomic E-state index is 1.10. The van der Waals surface area contributed by atoms with Gasteiger partial charge in [-0.3, -0.25) is 0 Å². The van der Waals surface area contributed by atoms with Crippen molar-refractivity contribution in [2.75, 3.05) is 5.32 Å². The highest BCUT2D eigenvalue weighted by molar-refractivity contribution is 5.94. The van der Waals surface area contributed by atoms with Gasteiger partial charge < -0.3 is 5.32 Å². The monoisotopic (exact) mass is 169 g/mol. The molecule has 0 aliphatic carbocycles. The first-order valence-electron chi connectivity index (χ1n) is 4.27. The highest BCUT2D eigenvalue weighted by atomic mass is 14.8. The summed E-state index contributed by atoms with van der Waals surface area (Å²) in [6.07, 6.45) is 1.70. The molecule has 13 heavy (non-hydrogen) atoms. The summed E-state index contributed by atoms with van der Waals surface area (Å²) in [4.78, 5) is 0. The van der Waals surface area contributed by atoms with Crippen molar-refractivity contribution >= 4 is 16.5 Å². The second kappa shape index (κ2) is 3.31. The topological polar surface area (TPSA) is 12.0 Å². The van der Waals surface area contributed by atoms with E-state index in [0.717, 1.165) is 5.69 Å². The summed E-state index contributed by atoms with van der Waals surface area (Å²) in [5, 5.41) is 5.59. The van der Waals surface area contributed by atoms with Crippen LogP contribution in [-0.4, -0.2) is 0 Å². The van der Waals surface area contributed by atoms with E-state index in [1.165, 1.54) is 10.8 Å². The van der Waals surface area contributed by atoms with Gasteiger partial charge in [-0.2, -0.15) is 0 Å². The Morgan fingerprint density at radius 3 is 2.62 bits per heavy atom. The number of rotatable bonds is 2. The van der Waals surface area contributed by atoms with Crippen LogP contribution in [-0.2, 0) is 0 Å². The van der Waals surface area contributed by atoms with E-state index in [9.17, 15) is 0 Å². The maximum absolute atomic E-state index is 3.65. The molecule has 0 amide bonds. The van der Waals surface area contributed by atoms with E-state index < -0.39 is 0 Å². The maximum Gasteiger partial charge on any atom is 0.0459 e. The molecule has 1 heteroatoms. The second-order valence-electron chi connectivity index (χ2n) is 2.88. The van der Waals surface area contributed by atoms with Crippen molar-refractivity contribution in [3.63, 3.8) is 0 Å². The predicted molar refractivity (Wildman–Crippen MR) is 57.8 cm³/mol. The van der Waals surface area contributed by atoms with Gasteiger partial charge >= 0.3 is 0 Å². The first-order chi connectivity index (χ1) is 6.42. The molecule has 0 fully saturated rings. The lowest BCUT2D eigenvalue weighted by molar-refractivity contribution is 1.64. The number of fused-ring (bicyclic) bond motifs is 1. The molecule has 2 aromatic rings. The fourth-order valence-electron chi connectivity index (χ4n) is 1.46. The van der Waals surface area contributed by atoms with Gasteiger partial charge in [-0.25, -0.2) is 0 Å². The molecular formula is C12H11N. The van der Waals surface area contributed by atoms with Gasteiger partial charge in [0.2, 0.25) is 0 Å². The normalized spacial score (nSPS) is 9.85. The fraction of sp³-hybridized carbons (Fsp3) is 0. The summed E-state index contributed by atoms with van der Waals surface area (Å²) >= 11 is 0. The average molecular weight is 169 g/mol. The zero-order valence-electron chi connectivity index (χ0n) is 7.33. The van der Waals surface area contributed by atoms with Crippen LogP contribution in [0.15, 0.2) is 55.2 Å². The van der Waals surface area contributed by atoms with Gasteiger partial charge in [-0.05, 0) is 17.7 Å². The van der Waals surface area contributed by atoms with Crippen molar-refractivity contribution < 1.29 is 0 Å². The molecule has 1 nitrogen and oxygen atoms in total. The van der Waals surface area contributed by atoms with E-state index in [-0.39, 0.29) is 0 Å². The third-order valence-electron chi connectivity index (χ3n) is 2.05. The van der Waals surface area contributed by atoms with Crippen LogP contribution < -0.4 is 5.32 Å². The van der Waals surface area contributed by atoms with E-state index in [0.29, 0.717) is 0 Å². The fourth-order valence-corrected chi connectivity index (χ4v) is 1.46. The van der Waals surface area contributed by atoms with Crippen molar-refractivity contribution in [3.8, 4) is 0 Å². The van der Waals surface area contributed by atoms with Crippen LogP contribution in [0.5, 0.6) is 0 Å². The number of benzene rings is 2. The van der Waals surface area contributed by atoms with Crippen LogP contribution in [0.25, 0.3) is 10.8 Å². The Hall–Kier alpha value is -1.76. The highest BCUT2D eigenvalue weighted by Gasteiger charge is 1.95. The van der Waals surface area contributed by atoms with Crippen molar-refractivity contribution in [2.45, 2.75) is 0 Å². The van der Waals surface area contributed by atoms with Crippen LogP contribution in [0.1, 0.15) is 0 Å². The van der Waals surface area contributed by atoms with Crippen molar-refractivity contribution in [1.82, 2.24) is 0 Å². The predicted octanol–water partition coefficient (Wildman–Crippen LogP) is 3.40. The summed E-state index contributed by atoms with van der Waals surface area (Å²) in [6, 6.07) is 14.5. The van der Waals surface area contributed by atoms with Gasteiger partial charge in [0.15, 0.2) is 0 Å². The van der Waals surface area contributed by atoms with E-state index in [1.54, 1.807) is 6.20 Å². The Morgan fingerprint density at radius 1 is 1.00 bits per heavy atom. The molecule has 0 spiro atoms. The summed E-state index contributed by atoms with van der Waals surface area (Å²) in [5.41, 5.74) is 1.10. The van der Waals surface area contributed by atoms with Crippen LogP contribution in [0.3, 0.4) is 0 Å². The number of nitrogens with one attached hydrogen (secondary N) is 1. The zero-order chi connectivity index (χ0) is 9.10. The minimum absolute atomic E-state index is 1.10. The molecular weight excluding hydrogens is 158 g/mol. The Morgan fingerprint density at radius 2 is 1.77 bits per heavy atom. The summed E-state index contributed by atoms with van der Waals surface area (Å²) < 4.78 is 0. The lowest BCUT2D eigenvalue weighted by Crippen LogP contribution is -1.86. The molecule has 0 saturated heterocycles. The van der Waals surface area contributed by atoms with Gasteiger partial charge in [0, 0.05) is 11.1 Å². The van der Waals surface area contributed by atoms with E-state index in [1.807, 2.05) is 24.3 Å². The molecule has 0 heterocycles. The zero-order valence-corrected chi connectivity index (χ0v) is 7.33. The SMILES string of the molecule is C=CNc1cccc2ccccc12. The van der Waals surface area contributed by atoms with Crippen LogP contribution in [0.2, 0.25) is 0 Å². The summed E-state index contributed by atoms with van der Waals surface area (Å²) in [6.45, 7) is 3.65. The largest absolute Gasteiger partial charge is 0.362 e. The molecule has 1 N–H and O–H groups in total. The average Bonchev–Trinajstić information content (AvgIpc) is 2.19. The smallest absolute Gasteiger partial charge is 0.0459 e. The van der Waals surface area contributed by atoms with Crippen LogP contribution >= 0.6 is 0 Å². The van der Waals surface area contributed by atoms with E-state index in [2.05, 4.69) is 30.1 Å². The second-order valence-corrected chi connectivity index (χ2v) is 2.88. The Balaban J connectivity index is 2.68. The van der Waals surface area contributed by atoms with Gasteiger partial charge in [0.05, 0.1) is 0 Å². The molecule has 0 aliphatic rings. The maximum atomic E-state index is 3.65. The third-order valence-corrected chi connectivity index (χ3v) is 2.05. The van der Waals surface area contributed by atoms with Gasteiger partial charge in [0.1, 0.15) is 0 Å². The van der Waals surface area contributed by atoms with Crippen LogP contribution in [0, 0.1) is 0 Å². The summed E-state index contributed by atoms with van der Waals surface area (Å²) in [7, 11) is 0. The Labute approximate surface area is 77.7 Å².